The van der Waals surface area contributed by atoms with Gasteiger partial charge < -0.3 is 9.84 Å². The van der Waals surface area contributed by atoms with E-state index in [0.717, 1.165) is 25.0 Å². The number of benzene rings is 1. The number of fused-ring (bicyclic) bond motifs is 1. The third-order valence-electron chi connectivity index (χ3n) is 2.51. The van der Waals surface area contributed by atoms with Crippen molar-refractivity contribution < 1.29 is 9.84 Å². The molecule has 1 aromatic rings. The lowest BCUT2D eigenvalue weighted by Crippen LogP contribution is -2.21. The highest BCUT2D eigenvalue weighted by atomic mass is 16.5. The first-order chi connectivity index (χ1) is 6.79. The van der Waals surface area contributed by atoms with Crippen LogP contribution >= 0.6 is 0 Å². The van der Waals surface area contributed by atoms with E-state index < -0.39 is 0 Å². The SMILES string of the molecule is C=CCC1CCc2ccc(O)cc2O1. The van der Waals surface area contributed by atoms with Gasteiger partial charge in [0.05, 0.1) is 0 Å². The van der Waals surface area contributed by atoms with Crippen LogP contribution < -0.4 is 4.74 Å². The van der Waals surface area contributed by atoms with Gasteiger partial charge in [-0.3, -0.25) is 0 Å². The Morgan fingerprint density at radius 2 is 2.43 bits per heavy atom. The van der Waals surface area contributed by atoms with Crippen LogP contribution in [0.2, 0.25) is 0 Å². The average molecular weight is 190 g/mol. The lowest BCUT2D eigenvalue weighted by Gasteiger charge is -2.25. The topological polar surface area (TPSA) is 29.5 Å². The van der Waals surface area contributed by atoms with Gasteiger partial charge >= 0.3 is 0 Å². The van der Waals surface area contributed by atoms with Crippen LogP contribution in [-0.4, -0.2) is 11.2 Å². The minimum atomic E-state index is 0.224. The standard InChI is InChI=1S/C12H14O2/c1-2-3-11-7-5-9-4-6-10(13)8-12(9)14-11/h2,4,6,8,11,13H,1,3,5,7H2. The number of hydrogen-bond donors (Lipinski definition) is 1. The molecule has 1 unspecified atom stereocenters. The molecule has 1 aliphatic heterocycles. The molecule has 1 atom stereocenters. The Hall–Kier alpha value is -1.44. The smallest absolute Gasteiger partial charge is 0.126 e. The summed E-state index contributed by atoms with van der Waals surface area (Å²) in [6.07, 6.45) is 5.02. The molecule has 14 heavy (non-hydrogen) atoms. The molecule has 0 fully saturated rings. The number of hydrogen-bond acceptors (Lipinski definition) is 2. The van der Waals surface area contributed by atoms with Crippen molar-refractivity contribution in [2.45, 2.75) is 25.4 Å². The van der Waals surface area contributed by atoms with E-state index in [4.69, 9.17) is 4.74 Å². The second-order valence-electron chi connectivity index (χ2n) is 3.59. The third-order valence-corrected chi connectivity index (χ3v) is 2.51. The summed E-state index contributed by atoms with van der Waals surface area (Å²) in [5, 5.41) is 9.30. The Bertz CT molecular complexity index is 344. The number of ether oxygens (including phenoxy) is 1. The molecule has 1 aromatic carbocycles. The number of phenolic OH excluding ortho intramolecular Hbond substituents is 1. The Kier molecular flexibility index (Phi) is 2.44. The quantitative estimate of drug-likeness (QED) is 0.726. The molecule has 2 nitrogen and oxygen atoms in total. The zero-order chi connectivity index (χ0) is 9.97. The molecule has 2 rings (SSSR count). The Morgan fingerprint density at radius 3 is 3.21 bits per heavy atom. The zero-order valence-corrected chi connectivity index (χ0v) is 8.07. The maximum Gasteiger partial charge on any atom is 0.126 e. The van der Waals surface area contributed by atoms with Gasteiger partial charge in [0.1, 0.15) is 17.6 Å². The van der Waals surface area contributed by atoms with E-state index in [1.807, 2.05) is 12.1 Å². The third kappa shape index (κ3) is 1.74. The molecule has 0 saturated heterocycles. The molecule has 0 aromatic heterocycles. The highest BCUT2D eigenvalue weighted by Gasteiger charge is 2.18. The first-order valence-corrected chi connectivity index (χ1v) is 4.89. The summed E-state index contributed by atoms with van der Waals surface area (Å²) in [5.74, 6) is 1.09. The maximum atomic E-state index is 9.30. The van der Waals surface area contributed by atoms with Gasteiger partial charge in [0.25, 0.3) is 0 Å². The molecule has 1 N–H and O–H groups in total. The van der Waals surface area contributed by atoms with Gasteiger partial charge in [0.2, 0.25) is 0 Å². The van der Waals surface area contributed by atoms with Crippen LogP contribution in [-0.2, 0) is 6.42 Å². The molecule has 0 radical (unpaired) electrons. The highest BCUT2D eigenvalue weighted by Crippen LogP contribution is 2.31. The average Bonchev–Trinajstić information content (AvgIpc) is 2.17. The largest absolute Gasteiger partial charge is 0.508 e. The van der Waals surface area contributed by atoms with Crippen molar-refractivity contribution in [1.82, 2.24) is 0 Å². The van der Waals surface area contributed by atoms with Crippen LogP contribution in [0.25, 0.3) is 0 Å². The van der Waals surface area contributed by atoms with Crippen molar-refractivity contribution >= 4 is 0 Å². The number of rotatable bonds is 2. The first-order valence-electron chi connectivity index (χ1n) is 4.89. The van der Waals surface area contributed by atoms with Gasteiger partial charge in [-0.15, -0.1) is 6.58 Å². The Balaban J connectivity index is 2.20. The second-order valence-corrected chi connectivity index (χ2v) is 3.59. The van der Waals surface area contributed by atoms with Crippen molar-refractivity contribution in [1.29, 1.82) is 0 Å². The van der Waals surface area contributed by atoms with Crippen molar-refractivity contribution in [2.75, 3.05) is 0 Å². The van der Waals surface area contributed by atoms with Gasteiger partial charge in [-0.25, -0.2) is 0 Å². The van der Waals surface area contributed by atoms with Crippen molar-refractivity contribution in [3.63, 3.8) is 0 Å². The van der Waals surface area contributed by atoms with Gasteiger partial charge in [-0.2, -0.15) is 0 Å². The fraction of sp³-hybridized carbons (Fsp3) is 0.333. The van der Waals surface area contributed by atoms with E-state index in [1.165, 1.54) is 5.56 Å². The van der Waals surface area contributed by atoms with Crippen molar-refractivity contribution in [3.05, 3.63) is 36.4 Å². The van der Waals surface area contributed by atoms with Crippen molar-refractivity contribution in [3.8, 4) is 11.5 Å². The van der Waals surface area contributed by atoms with Crippen LogP contribution in [0.1, 0.15) is 18.4 Å². The minimum Gasteiger partial charge on any atom is -0.508 e. The van der Waals surface area contributed by atoms with Crippen LogP contribution in [0, 0.1) is 0 Å². The van der Waals surface area contributed by atoms with E-state index in [-0.39, 0.29) is 11.9 Å². The molecular formula is C12H14O2. The fourth-order valence-electron chi connectivity index (χ4n) is 1.77. The lowest BCUT2D eigenvalue weighted by atomic mass is 10.0. The van der Waals surface area contributed by atoms with E-state index in [9.17, 15) is 5.11 Å². The Morgan fingerprint density at radius 1 is 1.57 bits per heavy atom. The summed E-state index contributed by atoms with van der Waals surface area (Å²) in [5.41, 5.74) is 1.18. The molecule has 0 saturated carbocycles. The molecule has 0 amide bonds. The van der Waals surface area contributed by atoms with E-state index in [0.29, 0.717) is 0 Å². The maximum absolute atomic E-state index is 9.30. The van der Waals surface area contributed by atoms with Crippen molar-refractivity contribution in [2.24, 2.45) is 0 Å². The minimum absolute atomic E-state index is 0.224. The second kappa shape index (κ2) is 3.74. The summed E-state index contributed by atoms with van der Waals surface area (Å²) in [6, 6.07) is 5.31. The van der Waals surface area contributed by atoms with E-state index in [2.05, 4.69) is 6.58 Å². The predicted octanol–water partition coefficient (Wildman–Crippen LogP) is 2.66. The highest BCUT2D eigenvalue weighted by molar-refractivity contribution is 5.41. The molecular weight excluding hydrogens is 176 g/mol. The summed E-state index contributed by atoms with van der Waals surface area (Å²) in [6.45, 7) is 3.70. The molecule has 0 spiro atoms. The van der Waals surface area contributed by atoms with Gasteiger partial charge in [0, 0.05) is 12.5 Å². The molecule has 1 heterocycles. The summed E-state index contributed by atoms with van der Waals surface area (Å²) in [7, 11) is 0. The zero-order valence-electron chi connectivity index (χ0n) is 8.07. The molecule has 0 aliphatic carbocycles. The predicted molar refractivity (Wildman–Crippen MR) is 55.7 cm³/mol. The molecule has 74 valence electrons. The van der Waals surface area contributed by atoms with E-state index in [1.54, 1.807) is 12.1 Å². The van der Waals surface area contributed by atoms with Gasteiger partial charge in [0.15, 0.2) is 0 Å². The summed E-state index contributed by atoms with van der Waals surface area (Å²) >= 11 is 0. The van der Waals surface area contributed by atoms with Crippen LogP contribution in [0.15, 0.2) is 30.9 Å². The molecule has 0 bridgehead atoms. The molecule has 1 aliphatic rings. The normalized spacial score (nSPS) is 19.6. The first kappa shape index (κ1) is 9.13. The summed E-state index contributed by atoms with van der Waals surface area (Å²) in [4.78, 5) is 0. The van der Waals surface area contributed by atoms with Gasteiger partial charge in [-0.05, 0) is 24.5 Å². The van der Waals surface area contributed by atoms with Gasteiger partial charge in [-0.1, -0.05) is 12.1 Å². The molecule has 2 heteroatoms. The summed E-state index contributed by atoms with van der Waals surface area (Å²) < 4.78 is 5.72. The monoisotopic (exact) mass is 190 g/mol. The van der Waals surface area contributed by atoms with Crippen LogP contribution in [0.3, 0.4) is 0 Å². The number of aryl methyl sites for hydroxylation is 1. The number of aromatic hydroxyl groups is 1. The number of phenols is 1. The fourth-order valence-corrected chi connectivity index (χ4v) is 1.77. The van der Waals surface area contributed by atoms with Crippen LogP contribution in [0.5, 0.6) is 11.5 Å². The lowest BCUT2D eigenvalue weighted by molar-refractivity contribution is 0.176. The van der Waals surface area contributed by atoms with Crippen LogP contribution in [0.4, 0.5) is 0 Å². The Labute approximate surface area is 83.8 Å². The van der Waals surface area contributed by atoms with E-state index >= 15 is 0 Å².